The van der Waals surface area contributed by atoms with Crippen molar-refractivity contribution >= 4 is 0 Å². The van der Waals surface area contributed by atoms with Gasteiger partial charge in [-0.25, -0.2) is 0 Å². The summed E-state index contributed by atoms with van der Waals surface area (Å²) in [7, 11) is 0. The predicted octanol–water partition coefficient (Wildman–Crippen LogP) is 2.69. The quantitative estimate of drug-likeness (QED) is 0.652. The summed E-state index contributed by atoms with van der Waals surface area (Å²) in [4.78, 5) is 0. The first kappa shape index (κ1) is 9.05. The molecular formula is C10H21N. The van der Waals surface area contributed by atoms with Crippen molar-refractivity contribution in [3.05, 3.63) is 0 Å². The molecule has 1 fully saturated rings. The molecule has 0 saturated heterocycles. The van der Waals surface area contributed by atoms with Crippen LogP contribution in [0.1, 0.15) is 52.4 Å². The molecule has 1 rings (SSSR count). The summed E-state index contributed by atoms with van der Waals surface area (Å²) in [6.07, 6.45) is 7.70. The maximum Gasteiger partial charge on any atom is 0.0156 e. The molecule has 0 aromatic heterocycles. The average Bonchev–Trinajstić information content (AvgIpc) is 1.86. The maximum atomic E-state index is 6.26. The summed E-state index contributed by atoms with van der Waals surface area (Å²) in [5.41, 5.74) is 6.46. The normalized spacial score (nSPS) is 39.0. The predicted molar refractivity (Wildman–Crippen MR) is 49.5 cm³/mol. The minimum Gasteiger partial charge on any atom is -0.325 e. The first-order valence-corrected chi connectivity index (χ1v) is 4.95. The van der Waals surface area contributed by atoms with Gasteiger partial charge in [-0.2, -0.15) is 0 Å². The molecule has 0 spiro atoms. The van der Waals surface area contributed by atoms with E-state index in [-0.39, 0.29) is 5.54 Å². The number of rotatable bonds is 2. The summed E-state index contributed by atoms with van der Waals surface area (Å²) < 4.78 is 0. The van der Waals surface area contributed by atoms with Crippen LogP contribution < -0.4 is 5.73 Å². The molecule has 1 heteroatoms. The fourth-order valence-corrected chi connectivity index (χ4v) is 2.43. The van der Waals surface area contributed by atoms with Crippen LogP contribution in [0.4, 0.5) is 0 Å². The highest BCUT2D eigenvalue weighted by molar-refractivity contribution is 4.88. The van der Waals surface area contributed by atoms with Crippen LogP contribution in [0.15, 0.2) is 0 Å². The molecule has 1 aliphatic rings. The standard InChI is InChI=1S/C10H21N/c1-3-6-10(11)7-4-5-9(2)8-10/h9H,3-8,11H2,1-2H3. The Morgan fingerprint density at radius 2 is 2.27 bits per heavy atom. The Hall–Kier alpha value is -0.0400. The van der Waals surface area contributed by atoms with Gasteiger partial charge in [0.2, 0.25) is 0 Å². The first-order valence-electron chi connectivity index (χ1n) is 4.95. The molecule has 1 saturated carbocycles. The van der Waals surface area contributed by atoms with Crippen molar-refractivity contribution < 1.29 is 0 Å². The zero-order chi connectivity index (χ0) is 8.32. The van der Waals surface area contributed by atoms with E-state index in [1.807, 2.05) is 0 Å². The van der Waals surface area contributed by atoms with Crippen molar-refractivity contribution in [1.29, 1.82) is 0 Å². The molecular weight excluding hydrogens is 134 g/mol. The van der Waals surface area contributed by atoms with E-state index < -0.39 is 0 Å². The van der Waals surface area contributed by atoms with Gasteiger partial charge in [-0.1, -0.05) is 33.1 Å². The molecule has 0 bridgehead atoms. The lowest BCUT2D eigenvalue weighted by Crippen LogP contribution is -2.43. The second kappa shape index (κ2) is 3.57. The van der Waals surface area contributed by atoms with E-state index in [9.17, 15) is 0 Å². The van der Waals surface area contributed by atoms with E-state index in [1.165, 1.54) is 38.5 Å². The smallest absolute Gasteiger partial charge is 0.0156 e. The Kier molecular flexibility index (Phi) is 2.94. The summed E-state index contributed by atoms with van der Waals surface area (Å²) in [5.74, 6) is 0.861. The van der Waals surface area contributed by atoms with E-state index in [2.05, 4.69) is 13.8 Å². The van der Waals surface area contributed by atoms with E-state index in [4.69, 9.17) is 5.73 Å². The van der Waals surface area contributed by atoms with E-state index in [0.29, 0.717) is 0 Å². The topological polar surface area (TPSA) is 26.0 Å². The van der Waals surface area contributed by atoms with Gasteiger partial charge in [0.05, 0.1) is 0 Å². The molecule has 0 aromatic rings. The van der Waals surface area contributed by atoms with Gasteiger partial charge in [-0.3, -0.25) is 0 Å². The van der Waals surface area contributed by atoms with Gasteiger partial charge in [-0.15, -0.1) is 0 Å². The van der Waals surface area contributed by atoms with Crippen molar-refractivity contribution in [2.45, 2.75) is 57.9 Å². The van der Waals surface area contributed by atoms with Gasteiger partial charge in [0, 0.05) is 5.54 Å². The van der Waals surface area contributed by atoms with Crippen LogP contribution in [0.5, 0.6) is 0 Å². The van der Waals surface area contributed by atoms with Crippen molar-refractivity contribution in [3.63, 3.8) is 0 Å². The Balaban J connectivity index is 2.41. The second-order valence-corrected chi connectivity index (χ2v) is 4.31. The lowest BCUT2D eigenvalue weighted by atomic mass is 9.75. The van der Waals surface area contributed by atoms with Crippen LogP contribution in [0.3, 0.4) is 0 Å². The zero-order valence-electron chi connectivity index (χ0n) is 7.90. The van der Waals surface area contributed by atoms with Gasteiger partial charge in [0.15, 0.2) is 0 Å². The molecule has 0 radical (unpaired) electrons. The fourth-order valence-electron chi connectivity index (χ4n) is 2.43. The number of nitrogens with two attached hydrogens (primary N) is 1. The Morgan fingerprint density at radius 3 is 2.82 bits per heavy atom. The Morgan fingerprint density at radius 1 is 1.55 bits per heavy atom. The van der Waals surface area contributed by atoms with Crippen LogP contribution in [0, 0.1) is 5.92 Å². The highest BCUT2D eigenvalue weighted by atomic mass is 14.7. The lowest BCUT2D eigenvalue weighted by molar-refractivity contribution is 0.222. The highest BCUT2D eigenvalue weighted by Crippen LogP contribution is 2.33. The summed E-state index contributed by atoms with van der Waals surface area (Å²) >= 11 is 0. The number of hydrogen-bond acceptors (Lipinski definition) is 1. The molecule has 0 aromatic carbocycles. The van der Waals surface area contributed by atoms with Gasteiger partial charge in [0.1, 0.15) is 0 Å². The number of hydrogen-bond donors (Lipinski definition) is 1. The fraction of sp³-hybridized carbons (Fsp3) is 1.00. The summed E-state index contributed by atoms with van der Waals surface area (Å²) in [6.45, 7) is 4.56. The van der Waals surface area contributed by atoms with Crippen LogP contribution in [-0.2, 0) is 0 Å². The first-order chi connectivity index (χ1) is 5.16. The van der Waals surface area contributed by atoms with E-state index in [0.717, 1.165) is 5.92 Å². The molecule has 2 N–H and O–H groups in total. The molecule has 0 amide bonds. The highest BCUT2D eigenvalue weighted by Gasteiger charge is 2.29. The van der Waals surface area contributed by atoms with Crippen molar-refractivity contribution in [3.8, 4) is 0 Å². The Bertz CT molecular complexity index is 118. The van der Waals surface area contributed by atoms with Gasteiger partial charge in [0.25, 0.3) is 0 Å². The maximum absolute atomic E-state index is 6.26. The third-order valence-electron chi connectivity index (χ3n) is 2.87. The molecule has 1 nitrogen and oxygen atoms in total. The molecule has 11 heavy (non-hydrogen) atoms. The van der Waals surface area contributed by atoms with E-state index >= 15 is 0 Å². The van der Waals surface area contributed by atoms with Crippen LogP contribution in [0.2, 0.25) is 0 Å². The van der Waals surface area contributed by atoms with Crippen LogP contribution >= 0.6 is 0 Å². The zero-order valence-corrected chi connectivity index (χ0v) is 7.90. The monoisotopic (exact) mass is 155 g/mol. The van der Waals surface area contributed by atoms with Crippen LogP contribution in [0.25, 0.3) is 0 Å². The molecule has 2 unspecified atom stereocenters. The second-order valence-electron chi connectivity index (χ2n) is 4.31. The van der Waals surface area contributed by atoms with Gasteiger partial charge < -0.3 is 5.73 Å². The molecule has 0 heterocycles. The minimum absolute atomic E-state index is 0.201. The summed E-state index contributed by atoms with van der Waals surface area (Å²) in [5, 5.41) is 0. The minimum atomic E-state index is 0.201. The average molecular weight is 155 g/mol. The molecule has 1 aliphatic carbocycles. The Labute approximate surface area is 70.4 Å². The lowest BCUT2D eigenvalue weighted by Gasteiger charge is -2.36. The summed E-state index contributed by atoms with van der Waals surface area (Å²) in [6, 6.07) is 0. The van der Waals surface area contributed by atoms with Gasteiger partial charge in [-0.05, 0) is 25.2 Å². The molecule has 0 aliphatic heterocycles. The van der Waals surface area contributed by atoms with Gasteiger partial charge >= 0.3 is 0 Å². The van der Waals surface area contributed by atoms with Crippen LogP contribution in [-0.4, -0.2) is 5.54 Å². The van der Waals surface area contributed by atoms with Crippen molar-refractivity contribution in [2.75, 3.05) is 0 Å². The SMILES string of the molecule is CCCC1(N)CCCC(C)C1. The third-order valence-corrected chi connectivity index (χ3v) is 2.87. The van der Waals surface area contributed by atoms with E-state index in [1.54, 1.807) is 0 Å². The van der Waals surface area contributed by atoms with Crippen molar-refractivity contribution in [1.82, 2.24) is 0 Å². The molecule has 66 valence electrons. The third kappa shape index (κ3) is 2.48. The van der Waals surface area contributed by atoms with Crippen molar-refractivity contribution in [2.24, 2.45) is 11.7 Å². The molecule has 2 atom stereocenters. The largest absolute Gasteiger partial charge is 0.325 e.